The van der Waals surface area contributed by atoms with Gasteiger partial charge in [0, 0.05) is 107 Å². The number of benzene rings is 4. The number of rotatable bonds is 19. The van der Waals surface area contributed by atoms with Crippen LogP contribution in [0, 0.1) is 6.92 Å². The molecule has 0 saturated carbocycles. The smallest absolute Gasteiger partial charge is 1.00 e. The molecule has 1 aliphatic heterocycles. The summed E-state index contributed by atoms with van der Waals surface area (Å²) in [7, 11) is 11.9. The van der Waals surface area contributed by atoms with Crippen LogP contribution in [0.1, 0.15) is 146 Å². The third-order valence-electron chi connectivity index (χ3n) is 18.0. The van der Waals surface area contributed by atoms with Crippen molar-refractivity contribution in [2.75, 3.05) is 23.9 Å². The standard InChI is InChI=1S/C19H23BrN4O3.C19H21BrN4O3.C15H15BrN4O3.C15H13BrN4O3.C4H8O.C4H9.2CH2Cl2.ClH.Mg/c2*1-4-5-9-14(25)16-21-17-15(18(26)23(3)19(27)22(17)2)24(16)11-12-7-6-8-13(20)10-12;2*1-18-13-12(14(22)19(2)15(18)23)20(11(8-21)17-13)7-9-4-3-5-10(16)6-9;1-2-4-5-3-1;1-3-4-2;2*2-1-3;;/h6-8,10,14,25H,4-5,9,11H2,1-3H3;6-8,10H,4-5,9,11H2,1-3H3;3-6,21H,7-8H2,1-2H3;3-6,8H,7H2,1-2H3;1-4H2;1,3-4H2,2H3;2*1H2;1H;/q;;;;;-1;;;;+2/p-1. The summed E-state index contributed by atoms with van der Waals surface area (Å²) in [5, 5.41) is 20.7. The van der Waals surface area contributed by atoms with Gasteiger partial charge in [0.15, 0.2) is 68.4 Å². The molecule has 117 heavy (non-hydrogen) atoms. The first-order valence-corrected chi connectivity index (χ1v) is 41.6. The molecule has 1 saturated heterocycles. The zero-order valence-electron chi connectivity index (χ0n) is 66.7. The number of alkyl halides is 4. The minimum atomic E-state index is -0.802. The van der Waals surface area contributed by atoms with Crippen molar-refractivity contribution in [2.24, 2.45) is 56.4 Å². The molecule has 1 atom stereocenters. The van der Waals surface area contributed by atoms with Crippen LogP contribution in [0.25, 0.3) is 44.7 Å². The Morgan fingerprint density at radius 3 is 1.16 bits per heavy atom. The van der Waals surface area contributed by atoms with Crippen LogP contribution in [-0.2, 0) is 93.9 Å². The molecule has 0 aliphatic carbocycles. The molecule has 1 unspecified atom stereocenters. The first-order chi connectivity index (χ1) is 54.8. The van der Waals surface area contributed by atoms with E-state index in [4.69, 9.17) is 51.1 Å². The quantitative estimate of drug-likeness (QED) is 0.0251. The number of halogens is 9. The summed E-state index contributed by atoms with van der Waals surface area (Å²) in [4.78, 5) is 141. The van der Waals surface area contributed by atoms with Crippen LogP contribution < -0.4 is 57.4 Å². The van der Waals surface area contributed by atoms with Crippen LogP contribution in [-0.4, -0.2) is 144 Å². The molecule has 628 valence electrons. The van der Waals surface area contributed by atoms with Crippen LogP contribution in [0.2, 0.25) is 0 Å². The molecule has 39 heteroatoms. The van der Waals surface area contributed by atoms with Crippen molar-refractivity contribution in [2.45, 2.75) is 124 Å². The molecule has 0 spiro atoms. The number of aromatic nitrogens is 16. The maximum absolute atomic E-state index is 12.8. The number of aliphatic hydroxyl groups excluding tert-OH is 2. The molecule has 9 heterocycles. The summed E-state index contributed by atoms with van der Waals surface area (Å²) in [6.45, 7) is 12.8. The summed E-state index contributed by atoms with van der Waals surface area (Å²) >= 11 is 32.8. The average Bonchev–Trinajstić information content (AvgIpc) is 2.27. The van der Waals surface area contributed by atoms with Gasteiger partial charge in [-0.1, -0.05) is 159 Å². The maximum atomic E-state index is 12.8. The fraction of sp³-hybridized carbons (Fsp3) is 0.397. The Labute approximate surface area is 749 Å². The number of ether oxygens (including phenoxy) is 1. The van der Waals surface area contributed by atoms with Crippen molar-refractivity contribution in [3.05, 3.63) is 251 Å². The molecular weight excluding hydrogens is 1890 g/mol. The van der Waals surface area contributed by atoms with Gasteiger partial charge < -0.3 is 52.5 Å². The molecule has 0 amide bonds. The summed E-state index contributed by atoms with van der Waals surface area (Å²) < 4.78 is 24.6. The van der Waals surface area contributed by atoms with Crippen molar-refractivity contribution >= 4 is 190 Å². The zero-order valence-corrected chi connectivity index (χ0v) is 78.2. The number of ketones is 1. The zero-order chi connectivity index (χ0) is 85.2. The number of nitrogens with zero attached hydrogens (tertiary/aromatic N) is 16. The summed E-state index contributed by atoms with van der Waals surface area (Å²) in [5.74, 6) is 0.961. The van der Waals surface area contributed by atoms with Gasteiger partial charge in [0.25, 0.3) is 22.2 Å². The van der Waals surface area contributed by atoms with Crippen LogP contribution in [0.15, 0.2) is 153 Å². The number of aldehydes is 1. The molecule has 29 nitrogen and oxygen atoms in total. The number of aryl methyl sites for hydroxylation is 4. The van der Waals surface area contributed by atoms with Crippen LogP contribution in [0.5, 0.6) is 0 Å². The summed E-state index contributed by atoms with van der Waals surface area (Å²) in [6.07, 6.45) is 8.94. The largest absolute Gasteiger partial charge is 2.00 e. The van der Waals surface area contributed by atoms with E-state index < -0.39 is 51.1 Å². The van der Waals surface area contributed by atoms with E-state index in [0.29, 0.717) is 73.6 Å². The van der Waals surface area contributed by atoms with E-state index in [9.17, 15) is 58.2 Å². The van der Waals surface area contributed by atoms with Crippen LogP contribution in [0.3, 0.4) is 0 Å². The molecule has 0 bridgehead atoms. The molecule has 1 aliphatic rings. The van der Waals surface area contributed by atoms with Crippen molar-refractivity contribution in [3.8, 4) is 0 Å². The molecule has 8 aromatic heterocycles. The van der Waals surface area contributed by atoms with Gasteiger partial charge in [-0.25, -0.2) is 39.1 Å². The maximum Gasteiger partial charge on any atom is 2.00 e. The average molecular weight is 1980 g/mol. The first-order valence-electron chi connectivity index (χ1n) is 36.3. The Kier molecular flexibility index (Phi) is 43.3. The normalized spacial score (nSPS) is 11.5. The molecule has 13 rings (SSSR count). The molecule has 2 N–H and O–H groups in total. The summed E-state index contributed by atoms with van der Waals surface area (Å²) in [6, 6.07) is 30.6. The third kappa shape index (κ3) is 25.9. The Morgan fingerprint density at radius 1 is 0.496 bits per heavy atom. The first kappa shape index (κ1) is 102. The second-order valence-electron chi connectivity index (χ2n) is 26.1. The van der Waals surface area contributed by atoms with Gasteiger partial charge in [0.05, 0.1) is 23.8 Å². The van der Waals surface area contributed by atoms with E-state index in [2.05, 4.69) is 104 Å². The van der Waals surface area contributed by atoms with Crippen LogP contribution >= 0.6 is 110 Å². The monoisotopic (exact) mass is 1980 g/mol. The second-order valence-corrected chi connectivity index (χ2v) is 31.4. The molecule has 12 aromatic rings. The SMILES string of the molecule is C1CCOC1.CCCCC(=O)c1nc2c(c(=O)n(C)c(=O)n2C)n1Cc1cccc(Br)c1.CCCCC(O)c1nc2c(c(=O)n(C)c(=O)n2C)n1Cc1cccc(Br)c1.ClCCl.ClCCl.Cn1c(=O)c2c(nc(C=O)n2Cc2cccc(Br)c2)n(C)c1=O.Cn1c(=O)c2c(nc(CO)n2Cc2cccc(Br)c2)n(C)c1=O.[CH2-]CCC.[Cl-].[Mg+2]. The molecular formula is C78H93Br4Cl5MgN16O13. The number of unbranched alkanes of at least 4 members (excludes halogenated alkanes) is 3. The third-order valence-corrected chi connectivity index (χ3v) is 20.0. The molecule has 1 fully saturated rings. The van der Waals surface area contributed by atoms with Gasteiger partial charge in [-0.2, -0.15) is 6.42 Å². The fourth-order valence-corrected chi connectivity index (χ4v) is 13.7. The topological polar surface area (TPSA) is 331 Å². The number of hydrogen-bond donors (Lipinski definition) is 2. The van der Waals surface area contributed by atoms with E-state index in [-0.39, 0.29) is 98.2 Å². The van der Waals surface area contributed by atoms with E-state index in [0.717, 1.165) is 104 Å². The van der Waals surface area contributed by atoms with E-state index in [1.165, 1.54) is 77.3 Å². The number of aliphatic hydroxyl groups is 2. The van der Waals surface area contributed by atoms with Crippen molar-refractivity contribution in [1.82, 2.24) is 74.7 Å². The number of carbonyl (C=O) groups is 2. The molecule has 0 radical (unpaired) electrons. The Bertz CT molecular complexity index is 5890. The predicted molar refractivity (Wildman–Crippen MR) is 473 cm³/mol. The number of imidazole rings is 4. The van der Waals surface area contributed by atoms with E-state index >= 15 is 0 Å². The fourth-order valence-electron chi connectivity index (χ4n) is 11.9. The summed E-state index contributed by atoms with van der Waals surface area (Å²) in [5.41, 5.74) is 2.27. The van der Waals surface area contributed by atoms with Crippen molar-refractivity contribution in [3.63, 3.8) is 0 Å². The minimum absolute atomic E-state index is 0. The van der Waals surface area contributed by atoms with E-state index in [1.807, 2.05) is 104 Å². The van der Waals surface area contributed by atoms with Gasteiger partial charge in [-0.05, 0) is 96.5 Å². The van der Waals surface area contributed by atoms with Crippen LogP contribution in [0.4, 0.5) is 0 Å². The van der Waals surface area contributed by atoms with Gasteiger partial charge in [-0.15, -0.1) is 46.4 Å². The Morgan fingerprint density at radius 2 is 0.821 bits per heavy atom. The van der Waals surface area contributed by atoms with Gasteiger partial charge in [0.2, 0.25) is 0 Å². The van der Waals surface area contributed by atoms with Gasteiger partial charge >= 0.3 is 45.8 Å². The van der Waals surface area contributed by atoms with E-state index in [1.54, 1.807) is 34.8 Å². The number of Topliss-reactive ketones (excluding diaryl/α,β-unsaturated/α-hetero) is 1. The predicted octanol–water partition coefficient (Wildman–Crippen LogP) is 8.76. The number of fused-ring (bicyclic) bond motifs is 4. The Balaban J connectivity index is 0.000000308. The number of hydrogen-bond acceptors (Lipinski definition) is 17. The minimum Gasteiger partial charge on any atom is -1.00 e. The number of carbonyl (C=O) groups excluding carboxylic acids is 2. The van der Waals surface area contributed by atoms with Gasteiger partial charge in [-0.3, -0.25) is 65.3 Å². The van der Waals surface area contributed by atoms with Crippen molar-refractivity contribution in [1.29, 1.82) is 0 Å². The van der Waals surface area contributed by atoms with Gasteiger partial charge in [0.1, 0.15) is 24.4 Å². The Hall–Kier alpha value is -7.16. The molecule has 4 aromatic carbocycles. The van der Waals surface area contributed by atoms with Crippen molar-refractivity contribution < 1.29 is 36.9 Å². The second kappa shape index (κ2) is 49.5.